The van der Waals surface area contributed by atoms with Crippen LogP contribution >= 0.6 is 0 Å². The van der Waals surface area contributed by atoms with Crippen molar-refractivity contribution in [1.29, 1.82) is 0 Å². The Bertz CT molecular complexity index is 391. The molecular weight excluding hydrogens is 186 g/mol. The Kier molecular flexibility index (Phi) is 2.58. The molecule has 2 heteroatoms. The molecule has 1 amide bonds. The van der Waals surface area contributed by atoms with Gasteiger partial charge in [-0.3, -0.25) is 4.79 Å². The van der Waals surface area contributed by atoms with Crippen LogP contribution in [0.2, 0.25) is 0 Å². The number of rotatable bonds is 1. The molecule has 0 N–H and O–H groups in total. The standard InChI is InChI=1S/C13H15NO/c1-10(2)7-13(15)14-8-11-5-3-4-6-12(11)9-14/h3-7H,8-9H2,1-2H3. The normalized spacial score (nSPS) is 13.6. The summed E-state index contributed by atoms with van der Waals surface area (Å²) in [5.74, 6) is 0.117. The highest BCUT2D eigenvalue weighted by Crippen LogP contribution is 2.22. The summed E-state index contributed by atoms with van der Waals surface area (Å²) in [6, 6.07) is 8.22. The van der Waals surface area contributed by atoms with Gasteiger partial charge in [0.1, 0.15) is 0 Å². The van der Waals surface area contributed by atoms with Crippen molar-refractivity contribution in [3.8, 4) is 0 Å². The second-order valence-electron chi connectivity index (χ2n) is 4.18. The number of allylic oxidation sites excluding steroid dienone is 1. The average molecular weight is 201 g/mol. The lowest BCUT2D eigenvalue weighted by Crippen LogP contribution is -2.23. The second-order valence-corrected chi connectivity index (χ2v) is 4.18. The van der Waals surface area contributed by atoms with Gasteiger partial charge < -0.3 is 4.90 Å². The van der Waals surface area contributed by atoms with Crippen LogP contribution in [0.3, 0.4) is 0 Å². The first-order valence-electron chi connectivity index (χ1n) is 5.17. The van der Waals surface area contributed by atoms with E-state index >= 15 is 0 Å². The van der Waals surface area contributed by atoms with Crippen LogP contribution in [0.4, 0.5) is 0 Å². The fourth-order valence-corrected chi connectivity index (χ4v) is 1.83. The molecule has 1 heterocycles. The lowest BCUT2D eigenvalue weighted by molar-refractivity contribution is -0.126. The van der Waals surface area contributed by atoms with Crippen LogP contribution in [-0.2, 0) is 17.9 Å². The molecule has 0 radical (unpaired) electrons. The van der Waals surface area contributed by atoms with E-state index < -0.39 is 0 Å². The van der Waals surface area contributed by atoms with E-state index in [1.54, 1.807) is 6.08 Å². The molecule has 1 aromatic rings. The Hall–Kier alpha value is -1.57. The van der Waals surface area contributed by atoms with Crippen LogP contribution < -0.4 is 0 Å². The van der Waals surface area contributed by atoms with Crippen LogP contribution in [0.25, 0.3) is 0 Å². The maximum absolute atomic E-state index is 11.8. The predicted octanol–water partition coefficient (Wildman–Crippen LogP) is 2.50. The van der Waals surface area contributed by atoms with Gasteiger partial charge in [0.25, 0.3) is 0 Å². The van der Waals surface area contributed by atoms with E-state index in [-0.39, 0.29) is 5.91 Å². The number of hydrogen-bond acceptors (Lipinski definition) is 1. The summed E-state index contributed by atoms with van der Waals surface area (Å²) in [5, 5.41) is 0. The highest BCUT2D eigenvalue weighted by Gasteiger charge is 2.20. The van der Waals surface area contributed by atoms with Crippen LogP contribution in [0.1, 0.15) is 25.0 Å². The van der Waals surface area contributed by atoms with Crippen molar-refractivity contribution in [3.63, 3.8) is 0 Å². The quantitative estimate of drug-likeness (QED) is 0.639. The van der Waals surface area contributed by atoms with Crippen LogP contribution in [0.5, 0.6) is 0 Å². The molecule has 0 saturated heterocycles. The number of benzene rings is 1. The fraction of sp³-hybridized carbons (Fsp3) is 0.308. The molecule has 0 spiro atoms. The third kappa shape index (κ3) is 2.09. The van der Waals surface area contributed by atoms with Gasteiger partial charge in [0, 0.05) is 19.2 Å². The van der Waals surface area contributed by atoms with Crippen molar-refractivity contribution < 1.29 is 4.79 Å². The first kappa shape index (κ1) is 9.97. The van der Waals surface area contributed by atoms with Gasteiger partial charge in [-0.2, -0.15) is 0 Å². The van der Waals surface area contributed by atoms with E-state index in [1.807, 2.05) is 30.9 Å². The second kappa shape index (κ2) is 3.89. The number of nitrogens with zero attached hydrogens (tertiary/aromatic N) is 1. The molecule has 2 rings (SSSR count). The molecule has 15 heavy (non-hydrogen) atoms. The molecule has 0 aliphatic carbocycles. The van der Waals surface area contributed by atoms with Crippen LogP contribution in [-0.4, -0.2) is 10.8 Å². The minimum Gasteiger partial charge on any atom is -0.330 e. The monoisotopic (exact) mass is 201 g/mol. The van der Waals surface area contributed by atoms with Gasteiger partial charge >= 0.3 is 0 Å². The average Bonchev–Trinajstić information content (AvgIpc) is 2.59. The Morgan fingerprint density at radius 3 is 2.20 bits per heavy atom. The third-order valence-corrected chi connectivity index (χ3v) is 2.56. The molecule has 1 aliphatic heterocycles. The summed E-state index contributed by atoms with van der Waals surface area (Å²) in [6.07, 6.45) is 1.70. The van der Waals surface area contributed by atoms with E-state index in [0.717, 1.165) is 18.7 Å². The van der Waals surface area contributed by atoms with Crippen molar-refractivity contribution in [2.45, 2.75) is 26.9 Å². The summed E-state index contributed by atoms with van der Waals surface area (Å²) in [7, 11) is 0. The van der Waals surface area contributed by atoms with E-state index in [2.05, 4.69) is 12.1 Å². The minimum atomic E-state index is 0.117. The topological polar surface area (TPSA) is 20.3 Å². The van der Waals surface area contributed by atoms with Gasteiger partial charge in [-0.15, -0.1) is 0 Å². The fourth-order valence-electron chi connectivity index (χ4n) is 1.83. The lowest BCUT2D eigenvalue weighted by Gasteiger charge is -2.12. The zero-order valence-corrected chi connectivity index (χ0v) is 9.16. The Morgan fingerprint density at radius 2 is 1.73 bits per heavy atom. The molecule has 78 valence electrons. The predicted molar refractivity (Wildman–Crippen MR) is 60.1 cm³/mol. The van der Waals surface area contributed by atoms with Gasteiger partial charge in [-0.05, 0) is 25.0 Å². The number of amides is 1. The number of carbonyl (C=O) groups excluding carboxylic acids is 1. The summed E-state index contributed by atoms with van der Waals surface area (Å²) >= 11 is 0. The molecule has 2 nitrogen and oxygen atoms in total. The third-order valence-electron chi connectivity index (χ3n) is 2.56. The van der Waals surface area contributed by atoms with Crippen molar-refractivity contribution in [2.75, 3.05) is 0 Å². The number of hydrogen-bond donors (Lipinski definition) is 0. The van der Waals surface area contributed by atoms with E-state index in [0.29, 0.717) is 0 Å². The Balaban J connectivity index is 2.14. The molecule has 0 atom stereocenters. The van der Waals surface area contributed by atoms with Gasteiger partial charge in [-0.1, -0.05) is 29.8 Å². The lowest BCUT2D eigenvalue weighted by atomic mass is 10.1. The van der Waals surface area contributed by atoms with Gasteiger partial charge in [0.05, 0.1) is 0 Å². The molecule has 0 saturated carbocycles. The highest BCUT2D eigenvalue weighted by atomic mass is 16.2. The molecule has 0 unspecified atom stereocenters. The zero-order valence-electron chi connectivity index (χ0n) is 9.16. The molecule has 0 bridgehead atoms. The summed E-state index contributed by atoms with van der Waals surface area (Å²) < 4.78 is 0. The number of carbonyl (C=O) groups is 1. The van der Waals surface area contributed by atoms with Crippen molar-refractivity contribution >= 4 is 5.91 Å². The first-order valence-corrected chi connectivity index (χ1v) is 5.17. The van der Waals surface area contributed by atoms with E-state index in [4.69, 9.17) is 0 Å². The maximum Gasteiger partial charge on any atom is 0.247 e. The summed E-state index contributed by atoms with van der Waals surface area (Å²) in [6.45, 7) is 5.39. The van der Waals surface area contributed by atoms with Gasteiger partial charge in [0.2, 0.25) is 5.91 Å². The summed E-state index contributed by atoms with van der Waals surface area (Å²) in [5.41, 5.74) is 3.59. The molecule has 1 aromatic carbocycles. The van der Waals surface area contributed by atoms with Gasteiger partial charge in [-0.25, -0.2) is 0 Å². The van der Waals surface area contributed by atoms with Crippen molar-refractivity contribution in [1.82, 2.24) is 4.90 Å². The molecule has 0 aromatic heterocycles. The molecule has 0 fully saturated rings. The summed E-state index contributed by atoms with van der Waals surface area (Å²) in [4.78, 5) is 13.6. The van der Waals surface area contributed by atoms with Gasteiger partial charge in [0.15, 0.2) is 0 Å². The van der Waals surface area contributed by atoms with Crippen LogP contribution in [0, 0.1) is 0 Å². The Labute approximate surface area is 90.2 Å². The Morgan fingerprint density at radius 1 is 1.20 bits per heavy atom. The minimum absolute atomic E-state index is 0.117. The van der Waals surface area contributed by atoms with E-state index in [1.165, 1.54) is 11.1 Å². The SMILES string of the molecule is CC(C)=CC(=O)N1Cc2ccccc2C1. The molecule has 1 aliphatic rings. The van der Waals surface area contributed by atoms with E-state index in [9.17, 15) is 4.79 Å². The first-order chi connectivity index (χ1) is 7.16. The highest BCUT2D eigenvalue weighted by molar-refractivity contribution is 5.88. The van der Waals surface area contributed by atoms with Crippen molar-refractivity contribution in [3.05, 3.63) is 47.0 Å². The van der Waals surface area contributed by atoms with Crippen molar-refractivity contribution in [2.24, 2.45) is 0 Å². The molecular formula is C13H15NO. The zero-order chi connectivity index (χ0) is 10.8. The maximum atomic E-state index is 11.8. The largest absolute Gasteiger partial charge is 0.330 e. The van der Waals surface area contributed by atoms with Crippen LogP contribution in [0.15, 0.2) is 35.9 Å². The number of fused-ring (bicyclic) bond motifs is 1. The smallest absolute Gasteiger partial charge is 0.247 e.